The van der Waals surface area contributed by atoms with E-state index in [4.69, 9.17) is 5.73 Å². The maximum absolute atomic E-state index is 15.0. The third kappa shape index (κ3) is 7.54. The van der Waals surface area contributed by atoms with Crippen molar-refractivity contribution >= 4 is 32.8 Å². The molecule has 1 amide bonds. The van der Waals surface area contributed by atoms with Gasteiger partial charge in [-0.05, 0) is 124 Å². The number of sulfone groups is 1. The second-order valence-corrected chi connectivity index (χ2v) is 19.8. The zero-order valence-electron chi connectivity index (χ0n) is 33.2. The summed E-state index contributed by atoms with van der Waals surface area (Å²) in [5.74, 6) is 0.158. The molecule has 0 bridgehead atoms. The van der Waals surface area contributed by atoms with E-state index in [1.54, 1.807) is 6.20 Å². The summed E-state index contributed by atoms with van der Waals surface area (Å²) in [5.41, 5.74) is 8.03. The van der Waals surface area contributed by atoms with Crippen LogP contribution in [-0.2, 0) is 9.84 Å². The SMILES string of the molecule is CC(C)c1ccccc1C1CCCN1C1CC2(CCC2S(=O)(=O)c2cccc([N+](=O)[O-])c2NCC2CCC(C(C)(C)O)CC2)CCN1c1ccncc1C(N)=O. The van der Waals surface area contributed by atoms with E-state index in [0.717, 1.165) is 51.5 Å². The minimum absolute atomic E-state index is 0.00464. The van der Waals surface area contributed by atoms with E-state index in [0.29, 0.717) is 49.5 Å². The number of hydrogen-bond donors (Lipinski definition) is 3. The number of nitrogens with two attached hydrogens (primary N) is 1. The van der Waals surface area contributed by atoms with Gasteiger partial charge in [0.25, 0.3) is 11.6 Å². The minimum Gasteiger partial charge on any atom is -0.390 e. The number of aliphatic hydroxyl groups is 1. The van der Waals surface area contributed by atoms with Gasteiger partial charge in [0.15, 0.2) is 9.84 Å². The molecule has 13 heteroatoms. The molecule has 3 aromatic rings. The minimum atomic E-state index is -4.03. The Bertz CT molecular complexity index is 2040. The summed E-state index contributed by atoms with van der Waals surface area (Å²) in [6.07, 6.45) is 10.6. The number of hydrogen-bond acceptors (Lipinski definition) is 10. The summed E-state index contributed by atoms with van der Waals surface area (Å²) >= 11 is 0. The van der Waals surface area contributed by atoms with Crippen LogP contribution >= 0.6 is 0 Å². The summed E-state index contributed by atoms with van der Waals surface area (Å²) in [4.78, 5) is 33.6. The van der Waals surface area contributed by atoms with Gasteiger partial charge in [-0.2, -0.15) is 0 Å². The number of aromatic nitrogens is 1. The number of amides is 1. The molecule has 56 heavy (non-hydrogen) atoms. The average molecular weight is 787 g/mol. The second-order valence-electron chi connectivity index (χ2n) is 17.7. The van der Waals surface area contributed by atoms with Gasteiger partial charge in [-0.15, -0.1) is 0 Å². The Hall–Kier alpha value is -4.07. The van der Waals surface area contributed by atoms with E-state index >= 15 is 8.42 Å². The number of rotatable bonds is 12. The molecule has 2 aliphatic carbocycles. The van der Waals surface area contributed by atoms with E-state index in [9.17, 15) is 20.0 Å². The number of anilines is 2. The van der Waals surface area contributed by atoms with Gasteiger partial charge in [0, 0.05) is 44.1 Å². The van der Waals surface area contributed by atoms with Gasteiger partial charge >= 0.3 is 0 Å². The molecule has 12 nitrogen and oxygen atoms in total. The fourth-order valence-electron chi connectivity index (χ4n) is 10.5. The van der Waals surface area contributed by atoms with Gasteiger partial charge in [-0.3, -0.25) is 24.8 Å². The Kier molecular flexibility index (Phi) is 11.3. The van der Waals surface area contributed by atoms with Crippen LogP contribution in [0.5, 0.6) is 0 Å². The number of piperidine rings is 1. The molecule has 2 aliphatic heterocycles. The smallest absolute Gasteiger partial charge is 0.293 e. The quantitative estimate of drug-likeness (QED) is 0.123. The van der Waals surface area contributed by atoms with E-state index in [1.165, 1.54) is 35.5 Å². The second kappa shape index (κ2) is 15.7. The Morgan fingerprint density at radius 2 is 1.80 bits per heavy atom. The summed E-state index contributed by atoms with van der Waals surface area (Å²) in [5, 5.41) is 25.5. The highest BCUT2D eigenvalue weighted by Crippen LogP contribution is 2.58. The van der Waals surface area contributed by atoms with E-state index < -0.39 is 36.9 Å². The Balaban J connectivity index is 1.22. The number of carbonyl (C=O) groups is 1. The number of likely N-dealkylation sites (tertiary alicyclic amines) is 1. The summed E-state index contributed by atoms with van der Waals surface area (Å²) in [7, 11) is -4.03. The monoisotopic (exact) mass is 786 g/mol. The van der Waals surface area contributed by atoms with Crippen LogP contribution < -0.4 is 16.0 Å². The predicted molar refractivity (Wildman–Crippen MR) is 218 cm³/mol. The topological polar surface area (TPSA) is 172 Å². The van der Waals surface area contributed by atoms with Crippen molar-refractivity contribution in [1.82, 2.24) is 9.88 Å². The molecule has 4 aliphatic rings. The van der Waals surface area contributed by atoms with Gasteiger partial charge < -0.3 is 21.1 Å². The van der Waals surface area contributed by atoms with Crippen molar-refractivity contribution < 1.29 is 23.2 Å². The van der Waals surface area contributed by atoms with E-state index in [2.05, 4.69) is 58.2 Å². The largest absolute Gasteiger partial charge is 0.390 e. The van der Waals surface area contributed by atoms with Gasteiger partial charge in [0.1, 0.15) is 5.69 Å². The van der Waals surface area contributed by atoms with Crippen molar-refractivity contribution in [2.75, 3.05) is 29.9 Å². The highest BCUT2D eigenvalue weighted by Gasteiger charge is 2.58. The van der Waals surface area contributed by atoms with Crippen molar-refractivity contribution in [3.8, 4) is 0 Å². The molecule has 1 aromatic heterocycles. The number of primary amides is 1. The maximum atomic E-state index is 15.0. The lowest BCUT2D eigenvalue weighted by Crippen LogP contribution is -2.62. The van der Waals surface area contributed by atoms with Crippen molar-refractivity contribution in [2.24, 2.45) is 23.0 Å². The first-order valence-corrected chi connectivity index (χ1v) is 22.0. The molecule has 302 valence electrons. The average Bonchev–Trinajstić information content (AvgIpc) is 3.66. The van der Waals surface area contributed by atoms with Crippen LogP contribution in [-0.4, -0.2) is 70.9 Å². The predicted octanol–water partition coefficient (Wildman–Crippen LogP) is 7.59. The van der Waals surface area contributed by atoms with E-state index in [1.807, 2.05) is 19.9 Å². The Morgan fingerprint density at radius 3 is 2.46 bits per heavy atom. The molecule has 3 heterocycles. The molecule has 2 saturated heterocycles. The standard InChI is InChI=1S/C43H58N6O6S/c1-28(2)31-9-5-6-10-32(31)34-12-8-23-47(34)39-25-43(21-24-48(39)35-19-22-45-27-33(35)41(44)50)20-18-38(43)56(54,55)37-13-7-11-36(49(52)53)40(37)46-26-29-14-16-30(17-15-29)42(3,4)51/h5-7,9-11,13,19,22,27-30,34,38-39,46,51H,8,12,14-18,20-21,23-26H2,1-4H3,(H2,44,50). The molecule has 2 saturated carbocycles. The lowest BCUT2D eigenvalue weighted by molar-refractivity contribution is -0.384. The third-order valence-electron chi connectivity index (χ3n) is 13.7. The third-order valence-corrected chi connectivity index (χ3v) is 16.1. The number of carbonyl (C=O) groups excluding carboxylic acids is 1. The fourth-order valence-corrected chi connectivity index (χ4v) is 13.0. The molecular weight excluding hydrogens is 729 g/mol. The number of pyridine rings is 1. The van der Waals surface area contributed by atoms with Gasteiger partial charge in [0.05, 0.1) is 38.1 Å². The van der Waals surface area contributed by atoms with Crippen LogP contribution in [0.3, 0.4) is 0 Å². The van der Waals surface area contributed by atoms with Crippen LogP contribution in [0.1, 0.15) is 125 Å². The zero-order valence-corrected chi connectivity index (χ0v) is 34.0. The number of para-hydroxylation sites is 1. The summed E-state index contributed by atoms with van der Waals surface area (Å²) < 4.78 is 30.1. The molecule has 4 fully saturated rings. The normalized spacial score (nSPS) is 27.3. The number of nitrogens with one attached hydrogen (secondary N) is 1. The van der Waals surface area contributed by atoms with E-state index in [-0.39, 0.29) is 40.3 Å². The fraction of sp³-hybridized carbons (Fsp3) is 0.581. The van der Waals surface area contributed by atoms with Crippen molar-refractivity contribution in [3.63, 3.8) is 0 Å². The van der Waals surface area contributed by atoms with Crippen molar-refractivity contribution in [2.45, 2.75) is 126 Å². The summed E-state index contributed by atoms with van der Waals surface area (Å²) in [6, 6.07) is 14.9. The first-order valence-electron chi connectivity index (χ1n) is 20.4. The number of nitro benzene ring substituents is 1. The lowest BCUT2D eigenvalue weighted by Gasteiger charge is -2.58. The first-order chi connectivity index (χ1) is 26.6. The Morgan fingerprint density at radius 1 is 1.05 bits per heavy atom. The molecule has 4 atom stereocenters. The van der Waals surface area contributed by atoms with Crippen LogP contribution in [0.25, 0.3) is 0 Å². The molecule has 0 radical (unpaired) electrons. The summed E-state index contributed by atoms with van der Waals surface area (Å²) in [6.45, 7) is 9.85. The molecule has 1 spiro atoms. The van der Waals surface area contributed by atoms with Gasteiger partial charge in [0.2, 0.25) is 0 Å². The van der Waals surface area contributed by atoms with Crippen LogP contribution in [0.15, 0.2) is 65.8 Å². The lowest BCUT2D eigenvalue weighted by atomic mass is 9.61. The van der Waals surface area contributed by atoms with Gasteiger partial charge in [-0.25, -0.2) is 8.42 Å². The number of benzene rings is 2. The number of nitro groups is 1. The van der Waals surface area contributed by atoms with Crippen molar-refractivity contribution in [1.29, 1.82) is 0 Å². The molecular formula is C43H58N6O6S. The maximum Gasteiger partial charge on any atom is 0.293 e. The van der Waals surface area contributed by atoms with Crippen LogP contribution in [0.2, 0.25) is 0 Å². The Labute approximate surface area is 331 Å². The van der Waals surface area contributed by atoms with Crippen molar-refractivity contribution in [3.05, 3.63) is 87.7 Å². The first kappa shape index (κ1) is 40.1. The molecule has 7 rings (SSSR count). The van der Waals surface area contributed by atoms with Gasteiger partial charge in [-0.1, -0.05) is 44.2 Å². The highest BCUT2D eigenvalue weighted by molar-refractivity contribution is 7.92. The highest BCUT2D eigenvalue weighted by atomic mass is 32.2. The number of nitrogens with zero attached hydrogens (tertiary/aromatic N) is 4. The molecule has 4 N–H and O–H groups in total. The van der Waals surface area contributed by atoms with Crippen LogP contribution in [0, 0.1) is 27.4 Å². The molecule has 2 aromatic carbocycles. The molecule has 4 unspecified atom stereocenters. The zero-order chi connectivity index (χ0) is 40.0. The van der Waals surface area contributed by atoms with Crippen LogP contribution in [0.4, 0.5) is 17.1 Å².